The van der Waals surface area contributed by atoms with Gasteiger partial charge in [-0.1, -0.05) is 11.6 Å². The number of aryl methyl sites for hydroxylation is 1. The Morgan fingerprint density at radius 2 is 1.92 bits per heavy atom. The van der Waals surface area contributed by atoms with E-state index in [2.05, 4.69) is 15.1 Å². The first-order valence-electron chi connectivity index (χ1n) is 6.71. The van der Waals surface area contributed by atoms with Gasteiger partial charge in [0.15, 0.2) is 5.82 Å². The summed E-state index contributed by atoms with van der Waals surface area (Å²) in [5.74, 6) is 0.955. The SMILES string of the molecule is Cc1nc(-c2c[nH]c(=O)c(Cl)c2)n(-c2ccc(S(N)(=O)=O)cc2)n1. The molecule has 0 radical (unpaired) electrons. The van der Waals surface area contributed by atoms with Crippen molar-refractivity contribution in [2.75, 3.05) is 0 Å². The second-order valence-corrected chi connectivity index (χ2v) is 6.97. The monoisotopic (exact) mass is 365 g/mol. The molecule has 24 heavy (non-hydrogen) atoms. The van der Waals surface area contributed by atoms with Crippen LogP contribution in [0.4, 0.5) is 0 Å². The van der Waals surface area contributed by atoms with Gasteiger partial charge in [-0.05, 0) is 37.3 Å². The van der Waals surface area contributed by atoms with E-state index in [9.17, 15) is 13.2 Å². The number of aromatic amines is 1. The van der Waals surface area contributed by atoms with Gasteiger partial charge in [0.05, 0.1) is 10.6 Å². The first-order chi connectivity index (χ1) is 11.3. The molecule has 0 bridgehead atoms. The third-order valence-electron chi connectivity index (χ3n) is 3.24. The number of halogens is 1. The van der Waals surface area contributed by atoms with Crippen LogP contribution in [-0.4, -0.2) is 28.2 Å². The lowest BCUT2D eigenvalue weighted by Crippen LogP contribution is -2.12. The van der Waals surface area contributed by atoms with E-state index >= 15 is 0 Å². The van der Waals surface area contributed by atoms with E-state index in [0.29, 0.717) is 22.9 Å². The fraction of sp³-hybridized carbons (Fsp3) is 0.0714. The van der Waals surface area contributed by atoms with Crippen molar-refractivity contribution >= 4 is 21.6 Å². The summed E-state index contributed by atoms with van der Waals surface area (Å²) in [6.45, 7) is 1.71. The van der Waals surface area contributed by atoms with Gasteiger partial charge in [-0.3, -0.25) is 4.79 Å². The minimum Gasteiger partial charge on any atom is -0.327 e. The van der Waals surface area contributed by atoms with Crippen molar-refractivity contribution in [2.24, 2.45) is 5.14 Å². The zero-order valence-corrected chi connectivity index (χ0v) is 14.0. The number of nitrogens with zero attached hydrogens (tertiary/aromatic N) is 3. The maximum Gasteiger partial charge on any atom is 0.266 e. The Balaban J connectivity index is 2.12. The van der Waals surface area contributed by atoms with Gasteiger partial charge in [-0.25, -0.2) is 23.2 Å². The van der Waals surface area contributed by atoms with Crippen molar-refractivity contribution in [1.29, 1.82) is 0 Å². The van der Waals surface area contributed by atoms with Crippen LogP contribution in [0.25, 0.3) is 17.1 Å². The van der Waals surface area contributed by atoms with Crippen LogP contribution in [0.3, 0.4) is 0 Å². The summed E-state index contributed by atoms with van der Waals surface area (Å²) < 4.78 is 24.2. The molecular weight excluding hydrogens is 354 g/mol. The van der Waals surface area contributed by atoms with Crippen molar-refractivity contribution in [2.45, 2.75) is 11.8 Å². The van der Waals surface area contributed by atoms with Gasteiger partial charge >= 0.3 is 0 Å². The van der Waals surface area contributed by atoms with E-state index in [1.165, 1.54) is 29.1 Å². The second kappa shape index (κ2) is 5.86. The molecule has 0 amide bonds. The topological polar surface area (TPSA) is 124 Å². The minimum atomic E-state index is -3.77. The lowest BCUT2D eigenvalue weighted by atomic mass is 10.2. The fourth-order valence-corrected chi connectivity index (χ4v) is 2.83. The Morgan fingerprint density at radius 1 is 1.25 bits per heavy atom. The number of nitrogens with two attached hydrogens (primary N) is 1. The van der Waals surface area contributed by atoms with E-state index in [0.717, 1.165) is 0 Å². The quantitative estimate of drug-likeness (QED) is 0.722. The molecule has 0 unspecified atom stereocenters. The summed E-state index contributed by atoms with van der Waals surface area (Å²) in [5.41, 5.74) is 0.747. The maximum atomic E-state index is 11.4. The van der Waals surface area contributed by atoms with Crippen LogP contribution in [0.5, 0.6) is 0 Å². The molecule has 0 fully saturated rings. The molecule has 0 spiro atoms. The van der Waals surface area contributed by atoms with E-state index in [4.69, 9.17) is 16.7 Å². The molecule has 0 saturated heterocycles. The first kappa shape index (κ1) is 16.4. The van der Waals surface area contributed by atoms with Gasteiger partial charge in [0, 0.05) is 11.8 Å². The number of primary sulfonamides is 1. The molecule has 0 aliphatic heterocycles. The van der Waals surface area contributed by atoms with Gasteiger partial charge in [-0.15, -0.1) is 0 Å². The standard InChI is InChI=1S/C14H12ClN5O3S/c1-8-18-13(9-6-12(15)14(21)17-7-9)20(19-8)10-2-4-11(5-3-10)24(16,22)23/h2-7H,1H3,(H,17,21)(H2,16,22,23). The molecule has 0 aliphatic rings. The van der Waals surface area contributed by atoms with Gasteiger partial charge in [-0.2, -0.15) is 5.10 Å². The number of H-pyrrole nitrogens is 1. The molecule has 124 valence electrons. The van der Waals surface area contributed by atoms with E-state index in [-0.39, 0.29) is 9.92 Å². The van der Waals surface area contributed by atoms with Crippen molar-refractivity contribution in [3.8, 4) is 17.1 Å². The molecule has 0 saturated carbocycles. The van der Waals surface area contributed by atoms with Crippen LogP contribution in [-0.2, 0) is 10.0 Å². The van der Waals surface area contributed by atoms with Gasteiger partial charge in [0.2, 0.25) is 10.0 Å². The van der Waals surface area contributed by atoms with Gasteiger partial charge in [0.1, 0.15) is 10.8 Å². The van der Waals surface area contributed by atoms with Crippen molar-refractivity contribution in [1.82, 2.24) is 19.7 Å². The van der Waals surface area contributed by atoms with Crippen LogP contribution in [0.2, 0.25) is 5.02 Å². The number of pyridine rings is 1. The fourth-order valence-electron chi connectivity index (χ4n) is 2.14. The summed E-state index contributed by atoms with van der Waals surface area (Å²) in [5, 5.41) is 9.41. The number of sulfonamides is 1. The highest BCUT2D eigenvalue weighted by atomic mass is 35.5. The molecular formula is C14H12ClN5O3S. The van der Waals surface area contributed by atoms with Gasteiger partial charge in [0.25, 0.3) is 5.56 Å². The average Bonchev–Trinajstić information content (AvgIpc) is 2.91. The van der Waals surface area contributed by atoms with Crippen molar-refractivity contribution in [3.63, 3.8) is 0 Å². The van der Waals surface area contributed by atoms with Crippen LogP contribution < -0.4 is 10.7 Å². The van der Waals surface area contributed by atoms with E-state index < -0.39 is 15.6 Å². The Hall–Kier alpha value is -2.49. The Morgan fingerprint density at radius 3 is 2.50 bits per heavy atom. The molecule has 1 aromatic carbocycles. The molecule has 0 aliphatic carbocycles. The minimum absolute atomic E-state index is 0.00303. The largest absolute Gasteiger partial charge is 0.327 e. The average molecular weight is 366 g/mol. The summed E-state index contributed by atoms with van der Waals surface area (Å²) in [4.78, 5) is 18.2. The maximum absolute atomic E-state index is 11.4. The Labute approximate surface area is 142 Å². The first-order valence-corrected chi connectivity index (χ1v) is 8.63. The molecule has 2 heterocycles. The van der Waals surface area contributed by atoms with E-state index in [1.807, 2.05) is 0 Å². The lowest BCUT2D eigenvalue weighted by Gasteiger charge is -2.07. The second-order valence-electron chi connectivity index (χ2n) is 5.00. The molecule has 2 aromatic heterocycles. The predicted octanol–water partition coefficient (Wildman–Crippen LogP) is 1.23. The molecule has 8 nitrogen and oxygen atoms in total. The highest BCUT2D eigenvalue weighted by Crippen LogP contribution is 2.22. The predicted molar refractivity (Wildman–Crippen MR) is 88.5 cm³/mol. The summed E-state index contributed by atoms with van der Waals surface area (Å²) in [6.07, 6.45) is 1.48. The van der Waals surface area contributed by atoms with Gasteiger partial charge < -0.3 is 4.98 Å². The number of benzene rings is 1. The van der Waals surface area contributed by atoms with Crippen LogP contribution in [0.15, 0.2) is 46.2 Å². The molecule has 3 rings (SSSR count). The third kappa shape index (κ3) is 3.09. The zero-order valence-electron chi connectivity index (χ0n) is 12.4. The molecule has 3 aromatic rings. The number of nitrogens with one attached hydrogen (secondary N) is 1. The van der Waals surface area contributed by atoms with E-state index in [1.54, 1.807) is 19.1 Å². The van der Waals surface area contributed by atoms with Crippen LogP contribution >= 0.6 is 11.6 Å². The zero-order chi connectivity index (χ0) is 17.5. The highest BCUT2D eigenvalue weighted by Gasteiger charge is 2.14. The van der Waals surface area contributed by atoms with Crippen LogP contribution in [0.1, 0.15) is 5.82 Å². The Kier molecular flexibility index (Phi) is 3.99. The van der Waals surface area contributed by atoms with Crippen molar-refractivity contribution in [3.05, 3.63) is 57.7 Å². The lowest BCUT2D eigenvalue weighted by molar-refractivity contribution is 0.598. The normalized spacial score (nSPS) is 11.6. The number of hydrogen-bond donors (Lipinski definition) is 2. The summed E-state index contributed by atoms with van der Waals surface area (Å²) in [7, 11) is -3.77. The summed E-state index contributed by atoms with van der Waals surface area (Å²) >= 11 is 5.86. The molecule has 0 atom stereocenters. The smallest absolute Gasteiger partial charge is 0.266 e. The summed E-state index contributed by atoms with van der Waals surface area (Å²) in [6, 6.07) is 7.37. The van der Waals surface area contributed by atoms with Crippen LogP contribution in [0, 0.1) is 6.92 Å². The number of aromatic nitrogens is 4. The third-order valence-corrected chi connectivity index (χ3v) is 4.45. The highest BCUT2D eigenvalue weighted by molar-refractivity contribution is 7.89. The number of hydrogen-bond acceptors (Lipinski definition) is 5. The number of rotatable bonds is 3. The Bertz CT molecular complexity index is 1070. The molecule has 3 N–H and O–H groups in total. The van der Waals surface area contributed by atoms with Crippen molar-refractivity contribution < 1.29 is 8.42 Å². The molecule has 10 heteroatoms.